The average molecular weight is 415 g/mol. The standard InChI is InChI=1S/C24H21N3O4/c1-26(15-17-8-6-7-11-21(17)31-2)22(28)16-12-13-19-20(14-16)25-24(30)27(23(19)29)18-9-4-3-5-10-18/h3-14H,15H2,1-2H3,(H,25,30). The lowest BCUT2D eigenvalue weighted by Gasteiger charge is -2.19. The number of carbonyl (C=O) groups excluding carboxylic acids is 1. The number of ether oxygens (including phenoxy) is 1. The quantitative estimate of drug-likeness (QED) is 0.543. The zero-order chi connectivity index (χ0) is 22.0. The average Bonchev–Trinajstić information content (AvgIpc) is 2.79. The number of H-pyrrole nitrogens is 1. The minimum Gasteiger partial charge on any atom is -0.496 e. The summed E-state index contributed by atoms with van der Waals surface area (Å²) in [7, 11) is 3.28. The van der Waals surface area contributed by atoms with Gasteiger partial charge < -0.3 is 14.6 Å². The number of para-hydroxylation sites is 2. The molecule has 0 atom stereocenters. The summed E-state index contributed by atoms with van der Waals surface area (Å²) < 4.78 is 6.43. The summed E-state index contributed by atoms with van der Waals surface area (Å²) in [6, 6.07) is 20.9. The van der Waals surface area contributed by atoms with Gasteiger partial charge in [-0.2, -0.15) is 0 Å². The molecule has 0 aliphatic rings. The van der Waals surface area contributed by atoms with E-state index in [4.69, 9.17) is 4.74 Å². The van der Waals surface area contributed by atoms with Crippen LogP contribution in [0.5, 0.6) is 5.75 Å². The fourth-order valence-corrected chi connectivity index (χ4v) is 3.54. The van der Waals surface area contributed by atoms with Crippen LogP contribution in [0.2, 0.25) is 0 Å². The predicted molar refractivity (Wildman–Crippen MR) is 119 cm³/mol. The van der Waals surface area contributed by atoms with Crippen molar-refractivity contribution in [2.24, 2.45) is 0 Å². The number of benzene rings is 3. The van der Waals surface area contributed by atoms with Crippen LogP contribution in [0.3, 0.4) is 0 Å². The van der Waals surface area contributed by atoms with Crippen molar-refractivity contribution < 1.29 is 9.53 Å². The van der Waals surface area contributed by atoms with E-state index in [1.807, 2.05) is 30.3 Å². The van der Waals surface area contributed by atoms with E-state index in [0.29, 0.717) is 34.4 Å². The highest BCUT2D eigenvalue weighted by atomic mass is 16.5. The van der Waals surface area contributed by atoms with Crippen molar-refractivity contribution in [2.75, 3.05) is 14.2 Å². The lowest BCUT2D eigenvalue weighted by molar-refractivity contribution is 0.0784. The maximum Gasteiger partial charge on any atom is 0.333 e. The van der Waals surface area contributed by atoms with Gasteiger partial charge in [0.15, 0.2) is 0 Å². The normalized spacial score (nSPS) is 10.8. The lowest BCUT2D eigenvalue weighted by Crippen LogP contribution is -2.33. The number of amides is 1. The molecule has 0 fully saturated rings. The van der Waals surface area contributed by atoms with Crippen molar-refractivity contribution in [3.63, 3.8) is 0 Å². The van der Waals surface area contributed by atoms with Crippen LogP contribution in [0.1, 0.15) is 15.9 Å². The van der Waals surface area contributed by atoms with Gasteiger partial charge in [-0.1, -0.05) is 36.4 Å². The minimum atomic E-state index is -0.560. The topological polar surface area (TPSA) is 84.4 Å². The Balaban J connectivity index is 1.69. The van der Waals surface area contributed by atoms with Gasteiger partial charge in [-0.3, -0.25) is 9.59 Å². The van der Waals surface area contributed by atoms with E-state index in [2.05, 4.69) is 4.98 Å². The Morgan fingerprint density at radius 3 is 2.45 bits per heavy atom. The Kier molecular flexibility index (Phi) is 5.41. The third-order valence-corrected chi connectivity index (χ3v) is 5.11. The number of methoxy groups -OCH3 is 1. The van der Waals surface area contributed by atoms with E-state index in [-0.39, 0.29) is 5.91 Å². The molecule has 0 saturated heterocycles. The second-order valence-electron chi connectivity index (χ2n) is 7.14. The first-order valence-electron chi connectivity index (χ1n) is 9.71. The van der Waals surface area contributed by atoms with Gasteiger partial charge in [-0.25, -0.2) is 9.36 Å². The van der Waals surface area contributed by atoms with Gasteiger partial charge in [0.25, 0.3) is 11.5 Å². The Hall–Kier alpha value is -4.13. The number of rotatable bonds is 5. The SMILES string of the molecule is COc1ccccc1CN(C)C(=O)c1ccc2c(=O)n(-c3ccccc3)c(=O)[nH]c2c1. The first-order chi connectivity index (χ1) is 15.0. The van der Waals surface area contributed by atoms with Crippen molar-refractivity contribution in [1.29, 1.82) is 0 Å². The van der Waals surface area contributed by atoms with Crippen LogP contribution in [-0.2, 0) is 6.54 Å². The smallest absolute Gasteiger partial charge is 0.333 e. The molecule has 1 N–H and O–H groups in total. The van der Waals surface area contributed by atoms with Gasteiger partial charge >= 0.3 is 5.69 Å². The molecule has 0 aliphatic carbocycles. The van der Waals surface area contributed by atoms with Crippen molar-refractivity contribution in [2.45, 2.75) is 6.54 Å². The number of carbonyl (C=O) groups is 1. The maximum absolute atomic E-state index is 13.0. The highest BCUT2D eigenvalue weighted by Crippen LogP contribution is 2.20. The summed E-state index contributed by atoms with van der Waals surface area (Å²) in [5.74, 6) is 0.465. The molecular weight excluding hydrogens is 394 g/mol. The second-order valence-corrected chi connectivity index (χ2v) is 7.14. The van der Waals surface area contributed by atoms with Gasteiger partial charge in [0.05, 0.1) is 23.7 Å². The van der Waals surface area contributed by atoms with Crippen LogP contribution < -0.4 is 16.0 Å². The highest BCUT2D eigenvalue weighted by Gasteiger charge is 2.16. The summed E-state index contributed by atoms with van der Waals surface area (Å²) in [5.41, 5.74) is 1.05. The molecule has 4 aromatic rings. The first-order valence-corrected chi connectivity index (χ1v) is 9.71. The number of nitrogens with zero attached hydrogens (tertiary/aromatic N) is 2. The molecule has 3 aromatic carbocycles. The lowest BCUT2D eigenvalue weighted by atomic mass is 10.1. The van der Waals surface area contributed by atoms with Gasteiger partial charge in [-0.05, 0) is 36.4 Å². The zero-order valence-electron chi connectivity index (χ0n) is 17.2. The van der Waals surface area contributed by atoms with E-state index < -0.39 is 11.2 Å². The summed E-state index contributed by atoms with van der Waals surface area (Å²) in [6.45, 7) is 0.354. The van der Waals surface area contributed by atoms with Crippen LogP contribution >= 0.6 is 0 Å². The molecule has 1 heterocycles. The van der Waals surface area contributed by atoms with Crippen molar-refractivity contribution in [3.8, 4) is 11.4 Å². The molecule has 4 rings (SSSR count). The molecule has 1 amide bonds. The van der Waals surface area contributed by atoms with E-state index in [1.165, 1.54) is 6.07 Å². The third kappa shape index (κ3) is 3.85. The summed E-state index contributed by atoms with van der Waals surface area (Å²) in [6.07, 6.45) is 0. The molecular formula is C24H21N3O4. The molecule has 156 valence electrons. The van der Waals surface area contributed by atoms with E-state index in [0.717, 1.165) is 10.1 Å². The van der Waals surface area contributed by atoms with Gasteiger partial charge in [0.1, 0.15) is 5.75 Å². The molecule has 0 spiro atoms. The van der Waals surface area contributed by atoms with Crippen molar-refractivity contribution >= 4 is 16.8 Å². The highest BCUT2D eigenvalue weighted by molar-refractivity contribution is 5.97. The monoisotopic (exact) mass is 415 g/mol. The number of aromatic amines is 1. The zero-order valence-corrected chi connectivity index (χ0v) is 17.2. The van der Waals surface area contributed by atoms with Crippen LogP contribution in [0.25, 0.3) is 16.6 Å². The van der Waals surface area contributed by atoms with Gasteiger partial charge in [0, 0.05) is 24.7 Å². The van der Waals surface area contributed by atoms with Gasteiger partial charge in [-0.15, -0.1) is 0 Å². The number of aromatic nitrogens is 2. The molecule has 7 nitrogen and oxygen atoms in total. The first kappa shape index (κ1) is 20.2. The van der Waals surface area contributed by atoms with E-state index in [9.17, 15) is 14.4 Å². The summed E-state index contributed by atoms with van der Waals surface area (Å²) >= 11 is 0. The van der Waals surface area contributed by atoms with E-state index in [1.54, 1.807) is 55.5 Å². The summed E-state index contributed by atoms with van der Waals surface area (Å²) in [5, 5.41) is 0.326. The Morgan fingerprint density at radius 2 is 1.71 bits per heavy atom. The number of hydrogen-bond acceptors (Lipinski definition) is 4. The molecule has 0 aliphatic heterocycles. The Labute approximate surface area is 178 Å². The molecule has 31 heavy (non-hydrogen) atoms. The van der Waals surface area contributed by atoms with Crippen LogP contribution in [0, 0.1) is 0 Å². The van der Waals surface area contributed by atoms with E-state index >= 15 is 0 Å². The number of nitrogens with one attached hydrogen (secondary N) is 1. The van der Waals surface area contributed by atoms with Crippen molar-refractivity contribution in [3.05, 3.63) is 105 Å². The third-order valence-electron chi connectivity index (χ3n) is 5.11. The van der Waals surface area contributed by atoms with Crippen molar-refractivity contribution in [1.82, 2.24) is 14.5 Å². The fraction of sp³-hybridized carbons (Fsp3) is 0.125. The maximum atomic E-state index is 13.0. The molecule has 0 bridgehead atoms. The van der Waals surface area contributed by atoms with Gasteiger partial charge in [0.2, 0.25) is 0 Å². The number of fused-ring (bicyclic) bond motifs is 1. The molecule has 0 saturated carbocycles. The van der Waals surface area contributed by atoms with Crippen LogP contribution in [0.4, 0.5) is 0 Å². The van der Waals surface area contributed by atoms with Crippen LogP contribution in [-0.4, -0.2) is 34.5 Å². The largest absolute Gasteiger partial charge is 0.496 e. The Morgan fingerprint density at radius 1 is 1.00 bits per heavy atom. The molecule has 0 radical (unpaired) electrons. The van der Waals surface area contributed by atoms with Crippen LogP contribution in [0.15, 0.2) is 82.4 Å². The number of hydrogen-bond donors (Lipinski definition) is 1. The molecule has 7 heteroatoms. The minimum absolute atomic E-state index is 0.235. The Bertz CT molecular complexity index is 1370. The molecule has 0 unspecified atom stereocenters. The summed E-state index contributed by atoms with van der Waals surface area (Å²) in [4.78, 5) is 42.7. The molecule has 1 aromatic heterocycles. The second kappa shape index (κ2) is 8.31. The predicted octanol–water partition coefficient (Wildman–Crippen LogP) is 2.96. The fourth-order valence-electron chi connectivity index (χ4n) is 3.54.